The van der Waals surface area contributed by atoms with Crippen molar-refractivity contribution < 1.29 is 90.3 Å². The van der Waals surface area contributed by atoms with Crippen LogP contribution in [0.5, 0.6) is 0 Å². The number of rotatable bonds is 64. The predicted molar refractivity (Wildman–Crippen MR) is 308 cm³/mol. The van der Waals surface area contributed by atoms with Gasteiger partial charge in [-0.1, -0.05) is 20.3 Å². The minimum Gasteiger partial charge on any atom is -0.401 e. The highest BCUT2D eigenvalue weighted by Crippen LogP contribution is 2.06. The smallest absolute Gasteiger partial charge is 0.222 e. The first-order valence-corrected chi connectivity index (χ1v) is 29.6. The van der Waals surface area contributed by atoms with E-state index in [2.05, 4.69) is 21.3 Å². The van der Waals surface area contributed by atoms with E-state index in [4.69, 9.17) is 77.9 Å². The summed E-state index contributed by atoms with van der Waals surface area (Å²) in [5, 5.41) is 12.9. The molecule has 0 aromatic carbocycles. The summed E-state index contributed by atoms with van der Waals surface area (Å²) >= 11 is 0. The molecule has 0 spiro atoms. The van der Waals surface area contributed by atoms with E-state index in [0.29, 0.717) is 216 Å². The van der Waals surface area contributed by atoms with E-state index in [1.165, 1.54) is 5.01 Å². The van der Waals surface area contributed by atoms with Gasteiger partial charge in [0.25, 0.3) is 0 Å². The van der Waals surface area contributed by atoms with Crippen molar-refractivity contribution in [1.29, 1.82) is 0 Å². The number of ketones is 1. The molecule has 0 saturated heterocycles. The molecule has 26 heteroatoms. The molecule has 0 aliphatic heterocycles. The molecule has 1 atom stereocenters. The third kappa shape index (κ3) is 59.4. The number of hydrazine groups is 1. The first kappa shape index (κ1) is 78.3. The van der Waals surface area contributed by atoms with Crippen molar-refractivity contribution in [3.63, 3.8) is 0 Å². The predicted octanol–water partition coefficient (Wildman–Crippen LogP) is 1.58. The van der Waals surface area contributed by atoms with Crippen LogP contribution in [0.2, 0.25) is 0 Å². The Hall–Kier alpha value is -3.71. The molecule has 82 heavy (non-hydrogen) atoms. The van der Waals surface area contributed by atoms with Crippen LogP contribution in [-0.4, -0.2) is 251 Å². The molecule has 0 radical (unpaired) electrons. The molecule has 0 rings (SSSR count). The summed E-state index contributed by atoms with van der Waals surface area (Å²) in [6.45, 7) is 21.9. The zero-order valence-electron chi connectivity index (χ0n) is 50.7. The summed E-state index contributed by atoms with van der Waals surface area (Å²) in [7, 11) is 0. The highest BCUT2D eigenvalue weighted by atomic mass is 16.6. The molecule has 0 bridgehead atoms. The molecule has 26 nitrogen and oxygen atoms in total. The fourth-order valence-electron chi connectivity index (χ4n) is 6.73. The van der Waals surface area contributed by atoms with E-state index in [-0.39, 0.29) is 87.1 Å². The zero-order chi connectivity index (χ0) is 60.2. The first-order chi connectivity index (χ1) is 39.8. The molecule has 0 heterocycles. The summed E-state index contributed by atoms with van der Waals surface area (Å²) in [5.41, 5.74) is 6.73. The van der Waals surface area contributed by atoms with E-state index in [1.54, 1.807) is 6.20 Å². The Kier molecular flexibility index (Phi) is 57.7. The standard InChI is InChI=1S/C56H109N7O19/c1-6-69-27-28-74-37-38-76-35-31-72-25-18-60-54(66)15-22-80-46-51(47-81-23-16-55(67)61-19-26-73-32-36-78-41-42-79-43-44-82-49(4)5)62-56(68)12-8-7-9-20-63(58)45-50(57)11-10-13-53(65)59-17-24-71-30-34-77-40-39-75-33-29-70-21-14-52(64)48(2)3/h45,48-49,51H,6-44,46-47,57-58H2,1-5H3,(H,59,65)(H,60,66)(H,61,67)(H,62,68)/b50-45-. The number of nitrogens with two attached hydrogens (primary N) is 2. The monoisotopic (exact) mass is 1180 g/mol. The van der Waals surface area contributed by atoms with Crippen molar-refractivity contribution in [1.82, 2.24) is 26.3 Å². The van der Waals surface area contributed by atoms with Crippen LogP contribution in [0.25, 0.3) is 0 Å². The van der Waals surface area contributed by atoms with Gasteiger partial charge in [0.1, 0.15) is 5.78 Å². The van der Waals surface area contributed by atoms with E-state index in [9.17, 15) is 24.0 Å². The van der Waals surface area contributed by atoms with Gasteiger partial charge in [0.15, 0.2) is 0 Å². The van der Waals surface area contributed by atoms with Crippen LogP contribution in [-0.2, 0) is 90.3 Å². The number of amides is 4. The van der Waals surface area contributed by atoms with E-state index in [0.717, 1.165) is 12.8 Å². The number of carbonyl (C=O) groups excluding carboxylic acids is 5. The minimum absolute atomic E-state index is 0.0250. The first-order valence-electron chi connectivity index (χ1n) is 29.6. The lowest BCUT2D eigenvalue weighted by Crippen LogP contribution is -2.42. The van der Waals surface area contributed by atoms with Crippen LogP contribution in [0.15, 0.2) is 11.9 Å². The molecule has 0 saturated carbocycles. The van der Waals surface area contributed by atoms with Crippen LogP contribution < -0.4 is 32.8 Å². The van der Waals surface area contributed by atoms with Crippen molar-refractivity contribution in [2.75, 3.05) is 205 Å². The van der Waals surface area contributed by atoms with Crippen molar-refractivity contribution in [2.24, 2.45) is 17.5 Å². The number of unbranched alkanes of at least 4 members (excludes halogenated alkanes) is 2. The third-order valence-corrected chi connectivity index (χ3v) is 11.2. The lowest BCUT2D eigenvalue weighted by molar-refractivity contribution is -0.125. The summed E-state index contributed by atoms with van der Waals surface area (Å²) in [6, 6.07) is -0.517. The number of carbonyl (C=O) groups is 5. The van der Waals surface area contributed by atoms with Crippen LogP contribution in [0, 0.1) is 5.92 Å². The fraction of sp³-hybridized carbons (Fsp3) is 0.875. The van der Waals surface area contributed by atoms with Gasteiger partial charge in [0.2, 0.25) is 23.6 Å². The van der Waals surface area contributed by atoms with Gasteiger partial charge in [-0.05, 0) is 46.5 Å². The SMILES string of the molecule is CCOCCOCCOCCOCCNC(=O)CCOCC(COCCC(=O)NCCOCCOCCOCCOC(C)C)NC(=O)CCCCCN(N)/C=C(\N)CCCC(=O)NCCOCCOCCOCCOCCC(=O)C(C)C. The molecule has 1 unspecified atom stereocenters. The largest absolute Gasteiger partial charge is 0.401 e. The average Bonchev–Trinajstić information content (AvgIpc) is 3.44. The van der Waals surface area contributed by atoms with Gasteiger partial charge in [0.05, 0.1) is 184 Å². The molecule has 8 N–H and O–H groups in total. The Balaban J connectivity index is 4.42. The van der Waals surface area contributed by atoms with Gasteiger partial charge in [-0.25, -0.2) is 5.84 Å². The van der Waals surface area contributed by atoms with Crippen LogP contribution in [0.1, 0.15) is 98.8 Å². The topological polar surface area (TPSA) is 318 Å². The lowest BCUT2D eigenvalue weighted by Gasteiger charge is -2.19. The molecule has 0 aromatic rings. The highest BCUT2D eigenvalue weighted by Gasteiger charge is 2.15. The Labute approximate surface area is 489 Å². The highest BCUT2D eigenvalue weighted by molar-refractivity contribution is 5.80. The Morgan fingerprint density at radius 1 is 0.415 bits per heavy atom. The maximum atomic E-state index is 13.0. The summed E-state index contributed by atoms with van der Waals surface area (Å²) in [6.07, 6.45) is 6.18. The second-order valence-electron chi connectivity index (χ2n) is 19.2. The van der Waals surface area contributed by atoms with Crippen LogP contribution in [0.3, 0.4) is 0 Å². The minimum atomic E-state index is -0.517. The van der Waals surface area contributed by atoms with Gasteiger partial charge in [-0.15, -0.1) is 0 Å². The maximum Gasteiger partial charge on any atom is 0.222 e. The van der Waals surface area contributed by atoms with E-state index in [1.807, 2.05) is 34.6 Å². The lowest BCUT2D eigenvalue weighted by atomic mass is 10.1. The fourth-order valence-corrected chi connectivity index (χ4v) is 6.73. The molecule has 0 aromatic heterocycles. The van der Waals surface area contributed by atoms with Gasteiger partial charge in [-0.3, -0.25) is 24.0 Å². The van der Waals surface area contributed by atoms with E-state index >= 15 is 0 Å². The molecular formula is C56H109N7O19. The number of Topliss-reactive ketones (excluding diaryl/α,β-unsaturated/α-hetero) is 1. The maximum absolute atomic E-state index is 13.0. The van der Waals surface area contributed by atoms with Gasteiger partial charge >= 0.3 is 0 Å². The van der Waals surface area contributed by atoms with E-state index < -0.39 is 6.04 Å². The van der Waals surface area contributed by atoms with Crippen molar-refractivity contribution in [2.45, 2.75) is 111 Å². The summed E-state index contributed by atoms with van der Waals surface area (Å²) < 4.78 is 76.9. The molecule has 0 fully saturated rings. The molecule has 4 amide bonds. The third-order valence-electron chi connectivity index (χ3n) is 11.2. The quantitative estimate of drug-likeness (QED) is 0.0286. The Morgan fingerprint density at radius 2 is 0.793 bits per heavy atom. The van der Waals surface area contributed by atoms with Crippen molar-refractivity contribution in [3.05, 3.63) is 11.9 Å². The normalized spacial score (nSPS) is 12.1. The van der Waals surface area contributed by atoms with Gasteiger partial charge in [-0.2, -0.15) is 0 Å². The second-order valence-corrected chi connectivity index (χ2v) is 19.2. The Bertz CT molecular complexity index is 1540. The number of hydrogen-bond acceptors (Lipinski definition) is 22. The zero-order valence-corrected chi connectivity index (χ0v) is 50.7. The average molecular weight is 1180 g/mol. The van der Waals surface area contributed by atoms with Gasteiger partial charge < -0.3 is 98.3 Å². The summed E-state index contributed by atoms with van der Waals surface area (Å²) in [5.74, 6) is 5.69. The number of hydrogen-bond donors (Lipinski definition) is 6. The van der Waals surface area contributed by atoms with Crippen LogP contribution >= 0.6 is 0 Å². The number of allylic oxidation sites excluding steroid dienone is 1. The van der Waals surface area contributed by atoms with Crippen molar-refractivity contribution in [3.8, 4) is 0 Å². The molecule has 0 aliphatic rings. The second kappa shape index (κ2) is 60.4. The van der Waals surface area contributed by atoms with Crippen LogP contribution in [0.4, 0.5) is 0 Å². The van der Waals surface area contributed by atoms with Gasteiger partial charge in [0, 0.05) is 82.7 Å². The Morgan fingerprint density at radius 3 is 1.22 bits per heavy atom. The summed E-state index contributed by atoms with van der Waals surface area (Å²) in [4.78, 5) is 61.7. The number of ether oxygens (including phenoxy) is 14. The molecule has 0 aliphatic carbocycles. The molecule has 482 valence electrons. The number of nitrogens with one attached hydrogen (secondary N) is 4. The molecular weight excluding hydrogens is 1070 g/mol. The number of nitrogens with zero attached hydrogens (tertiary/aromatic N) is 1. The van der Waals surface area contributed by atoms with Crippen molar-refractivity contribution >= 4 is 29.4 Å².